The molecule has 0 unspecified atom stereocenters. The summed E-state index contributed by atoms with van der Waals surface area (Å²) in [7, 11) is 0. The third-order valence-corrected chi connectivity index (χ3v) is 1.89. The molecule has 0 fully saturated rings. The summed E-state index contributed by atoms with van der Waals surface area (Å²) in [5.41, 5.74) is 6.03. The van der Waals surface area contributed by atoms with Crippen LogP contribution in [0, 0.1) is 0 Å². The van der Waals surface area contributed by atoms with Crippen LogP contribution in [0.4, 0.5) is 0 Å². The maximum atomic E-state index is 11.2. The number of fused-ring (bicyclic) bond motifs is 1. The van der Waals surface area contributed by atoms with E-state index < -0.39 is 11.9 Å². The normalized spacial score (nSPS) is 16.6. The van der Waals surface area contributed by atoms with Crippen LogP contribution in [0.15, 0.2) is 30.3 Å². The predicted molar refractivity (Wildman–Crippen MR) is 49.0 cm³/mol. The molecule has 0 spiro atoms. The van der Waals surface area contributed by atoms with Crippen molar-refractivity contribution in [1.82, 2.24) is 0 Å². The number of esters is 1. The summed E-state index contributed by atoms with van der Waals surface area (Å²) in [5, 5.41) is 0. The second-order valence-corrected chi connectivity index (χ2v) is 2.85. The quantitative estimate of drug-likeness (QED) is 0.521. The number of carbonyl (C=O) groups excluding carboxylic acids is 2. The lowest BCUT2D eigenvalue weighted by atomic mass is 10.1. The van der Waals surface area contributed by atoms with Crippen LogP contribution in [-0.2, 0) is 9.53 Å². The van der Waals surface area contributed by atoms with Crippen LogP contribution in [0.5, 0.6) is 0 Å². The molecule has 0 radical (unpaired) electrons. The number of nitrogens with two attached hydrogens (primary N) is 1. The van der Waals surface area contributed by atoms with E-state index in [0.717, 1.165) is 6.08 Å². The lowest BCUT2D eigenvalue weighted by Gasteiger charge is -1.94. The molecule has 4 nitrogen and oxygen atoms in total. The van der Waals surface area contributed by atoms with Gasteiger partial charge in [-0.2, -0.15) is 0 Å². The summed E-state index contributed by atoms with van der Waals surface area (Å²) in [5.74, 6) is -0.865. The second kappa shape index (κ2) is 2.99. The van der Waals surface area contributed by atoms with Crippen molar-refractivity contribution in [2.45, 2.75) is 0 Å². The van der Waals surface area contributed by atoms with Crippen LogP contribution in [-0.4, -0.2) is 11.9 Å². The summed E-state index contributed by atoms with van der Waals surface area (Å²) < 4.78 is 4.86. The zero-order chi connectivity index (χ0) is 10.1. The lowest BCUT2D eigenvalue weighted by Crippen LogP contribution is -2.07. The number of carbonyl (C=O) groups is 2. The molecule has 14 heavy (non-hydrogen) atoms. The molecule has 0 saturated carbocycles. The lowest BCUT2D eigenvalue weighted by molar-refractivity contribution is -0.113. The Morgan fingerprint density at radius 2 is 1.93 bits per heavy atom. The van der Waals surface area contributed by atoms with Crippen LogP contribution in [0.1, 0.15) is 15.9 Å². The average molecular weight is 189 g/mol. The van der Waals surface area contributed by atoms with E-state index in [9.17, 15) is 9.59 Å². The molecule has 1 aromatic carbocycles. The van der Waals surface area contributed by atoms with Crippen LogP contribution < -0.4 is 5.73 Å². The highest BCUT2D eigenvalue weighted by Gasteiger charge is 2.25. The Balaban J connectivity index is 2.54. The molecular formula is C10H7NO3. The molecule has 0 atom stereocenters. The third-order valence-electron chi connectivity index (χ3n) is 1.89. The zero-order valence-corrected chi connectivity index (χ0v) is 7.19. The fourth-order valence-corrected chi connectivity index (χ4v) is 1.32. The Labute approximate surface area is 80.0 Å². The van der Waals surface area contributed by atoms with E-state index in [2.05, 4.69) is 0 Å². The molecule has 1 heterocycles. The Kier molecular flexibility index (Phi) is 1.81. The number of rotatable bonds is 1. The SMILES string of the molecule is NC(=O)/C=C1/OC(=O)c2ccccc21. The van der Waals surface area contributed by atoms with Crippen molar-refractivity contribution >= 4 is 17.6 Å². The zero-order valence-electron chi connectivity index (χ0n) is 7.19. The highest BCUT2D eigenvalue weighted by molar-refractivity contribution is 6.06. The van der Waals surface area contributed by atoms with Gasteiger partial charge in [-0.25, -0.2) is 4.79 Å². The van der Waals surface area contributed by atoms with Gasteiger partial charge in [0.2, 0.25) is 5.91 Å². The monoisotopic (exact) mass is 189 g/mol. The Morgan fingerprint density at radius 3 is 2.57 bits per heavy atom. The summed E-state index contributed by atoms with van der Waals surface area (Å²) in [4.78, 5) is 21.9. The molecule has 2 N–H and O–H groups in total. The van der Waals surface area contributed by atoms with Gasteiger partial charge in [0.15, 0.2) is 0 Å². The van der Waals surface area contributed by atoms with E-state index >= 15 is 0 Å². The number of ether oxygens (including phenoxy) is 1. The van der Waals surface area contributed by atoms with Crippen molar-refractivity contribution < 1.29 is 14.3 Å². The summed E-state index contributed by atoms with van der Waals surface area (Å²) in [6, 6.07) is 6.83. The van der Waals surface area contributed by atoms with E-state index in [1.165, 1.54) is 0 Å². The minimum Gasteiger partial charge on any atom is -0.422 e. The van der Waals surface area contributed by atoms with Crippen LogP contribution in [0.25, 0.3) is 5.76 Å². The minimum absolute atomic E-state index is 0.220. The standard InChI is InChI=1S/C10H7NO3/c11-9(12)5-8-6-3-1-2-4-7(6)10(13)14-8/h1-5H,(H2,11,12)/b8-5+. The van der Waals surface area contributed by atoms with Crippen molar-refractivity contribution in [3.63, 3.8) is 0 Å². The van der Waals surface area contributed by atoms with Gasteiger partial charge in [0.05, 0.1) is 5.56 Å². The first-order chi connectivity index (χ1) is 6.68. The summed E-state index contributed by atoms with van der Waals surface area (Å²) in [6.45, 7) is 0. The maximum absolute atomic E-state index is 11.2. The van der Waals surface area contributed by atoms with Crippen molar-refractivity contribution in [3.8, 4) is 0 Å². The van der Waals surface area contributed by atoms with Crippen molar-refractivity contribution in [2.75, 3.05) is 0 Å². The molecule has 4 heteroatoms. The molecule has 2 rings (SSSR count). The first kappa shape index (κ1) is 8.50. The second-order valence-electron chi connectivity index (χ2n) is 2.85. The van der Waals surface area contributed by atoms with Crippen LogP contribution >= 0.6 is 0 Å². The summed E-state index contributed by atoms with van der Waals surface area (Å²) in [6.07, 6.45) is 1.10. The van der Waals surface area contributed by atoms with Gasteiger partial charge < -0.3 is 10.5 Å². The highest BCUT2D eigenvalue weighted by atomic mass is 16.5. The van der Waals surface area contributed by atoms with Gasteiger partial charge in [-0.1, -0.05) is 18.2 Å². The van der Waals surface area contributed by atoms with Gasteiger partial charge >= 0.3 is 5.97 Å². The van der Waals surface area contributed by atoms with Crippen molar-refractivity contribution in [1.29, 1.82) is 0 Å². The number of hydrogen-bond donors (Lipinski definition) is 1. The molecule has 70 valence electrons. The number of cyclic esters (lactones) is 1. The molecule has 0 aromatic heterocycles. The molecule has 1 aliphatic rings. The number of hydrogen-bond acceptors (Lipinski definition) is 3. The van der Waals surface area contributed by atoms with Crippen LogP contribution in [0.2, 0.25) is 0 Å². The molecule has 1 aromatic rings. The van der Waals surface area contributed by atoms with Gasteiger partial charge in [-0.15, -0.1) is 0 Å². The molecule has 1 amide bonds. The summed E-state index contributed by atoms with van der Waals surface area (Å²) >= 11 is 0. The van der Waals surface area contributed by atoms with E-state index in [4.69, 9.17) is 10.5 Å². The van der Waals surface area contributed by atoms with Crippen molar-refractivity contribution in [3.05, 3.63) is 41.5 Å². The van der Waals surface area contributed by atoms with Gasteiger partial charge in [0.1, 0.15) is 5.76 Å². The van der Waals surface area contributed by atoms with Crippen LogP contribution in [0.3, 0.4) is 0 Å². The Morgan fingerprint density at radius 1 is 1.29 bits per heavy atom. The first-order valence-electron chi connectivity index (χ1n) is 4.01. The minimum atomic E-state index is -0.635. The molecular weight excluding hydrogens is 182 g/mol. The fraction of sp³-hybridized carbons (Fsp3) is 0. The van der Waals surface area contributed by atoms with E-state index in [0.29, 0.717) is 11.1 Å². The number of benzene rings is 1. The molecule has 1 aliphatic heterocycles. The number of primary amides is 1. The van der Waals surface area contributed by atoms with Crippen molar-refractivity contribution in [2.24, 2.45) is 5.73 Å². The van der Waals surface area contributed by atoms with E-state index in [1.54, 1.807) is 24.3 Å². The molecule has 0 aliphatic carbocycles. The Hall–Kier alpha value is -2.10. The fourth-order valence-electron chi connectivity index (χ4n) is 1.32. The first-order valence-corrected chi connectivity index (χ1v) is 4.01. The average Bonchev–Trinajstić information content (AvgIpc) is 2.44. The Bertz CT molecular complexity index is 448. The van der Waals surface area contributed by atoms with Gasteiger partial charge in [-0.05, 0) is 6.07 Å². The number of amides is 1. The topological polar surface area (TPSA) is 69.4 Å². The van der Waals surface area contributed by atoms with Gasteiger partial charge in [-0.3, -0.25) is 4.79 Å². The largest absolute Gasteiger partial charge is 0.422 e. The molecule has 0 saturated heterocycles. The maximum Gasteiger partial charge on any atom is 0.344 e. The predicted octanol–water partition coefficient (Wildman–Crippen LogP) is 0.683. The van der Waals surface area contributed by atoms with Gasteiger partial charge in [0, 0.05) is 11.6 Å². The van der Waals surface area contributed by atoms with Gasteiger partial charge in [0.25, 0.3) is 0 Å². The van der Waals surface area contributed by atoms with E-state index in [-0.39, 0.29) is 5.76 Å². The molecule has 0 bridgehead atoms. The third kappa shape index (κ3) is 1.26. The highest BCUT2D eigenvalue weighted by Crippen LogP contribution is 2.28. The van der Waals surface area contributed by atoms with E-state index in [1.807, 2.05) is 0 Å². The smallest absolute Gasteiger partial charge is 0.344 e.